The molecule has 1 aliphatic rings. The van der Waals surface area contributed by atoms with Crippen molar-refractivity contribution in [3.05, 3.63) is 71.8 Å². The Morgan fingerprint density at radius 1 is 0.931 bits per heavy atom. The Hall–Kier alpha value is -2.62. The van der Waals surface area contributed by atoms with Gasteiger partial charge in [-0.2, -0.15) is 0 Å². The van der Waals surface area contributed by atoms with Gasteiger partial charge in [0.05, 0.1) is 5.56 Å². The van der Waals surface area contributed by atoms with Crippen molar-refractivity contribution in [3.63, 3.8) is 0 Å². The van der Waals surface area contributed by atoms with Gasteiger partial charge >= 0.3 is 11.9 Å². The van der Waals surface area contributed by atoms with Crippen molar-refractivity contribution < 1.29 is 19.1 Å². The van der Waals surface area contributed by atoms with Crippen LogP contribution in [0.1, 0.15) is 62.1 Å². The van der Waals surface area contributed by atoms with Crippen molar-refractivity contribution in [3.8, 4) is 0 Å². The second-order valence-electron chi connectivity index (χ2n) is 8.36. The fourth-order valence-corrected chi connectivity index (χ4v) is 4.09. The number of rotatable bonds is 6. The van der Waals surface area contributed by atoms with E-state index in [-0.39, 0.29) is 6.10 Å². The summed E-state index contributed by atoms with van der Waals surface area (Å²) in [4.78, 5) is 25.8. The first-order valence-corrected chi connectivity index (χ1v) is 10.5. The summed E-state index contributed by atoms with van der Waals surface area (Å²) in [5.41, 5.74) is 1.03. The van der Waals surface area contributed by atoms with E-state index in [2.05, 4.69) is 20.8 Å². The highest BCUT2D eigenvalue weighted by Gasteiger charge is 2.36. The molecule has 0 bridgehead atoms. The van der Waals surface area contributed by atoms with Crippen LogP contribution in [0.2, 0.25) is 0 Å². The molecule has 2 aromatic rings. The van der Waals surface area contributed by atoms with E-state index in [4.69, 9.17) is 9.47 Å². The van der Waals surface area contributed by atoms with Gasteiger partial charge in [-0.15, -0.1) is 0 Å². The Bertz CT molecular complexity index is 800. The average Bonchev–Trinajstić information content (AvgIpc) is 2.73. The number of ether oxygens (including phenoxy) is 2. The third-order valence-electron chi connectivity index (χ3n) is 5.78. The second-order valence-corrected chi connectivity index (χ2v) is 8.36. The monoisotopic (exact) mass is 394 g/mol. The van der Waals surface area contributed by atoms with Gasteiger partial charge in [-0.05, 0) is 42.7 Å². The first kappa shape index (κ1) is 21.1. The predicted octanol–water partition coefficient (Wildman–Crippen LogP) is 5.59. The lowest BCUT2D eigenvalue weighted by Crippen LogP contribution is -2.37. The average molecular weight is 395 g/mol. The minimum atomic E-state index is -1.08. The summed E-state index contributed by atoms with van der Waals surface area (Å²) in [6.07, 6.45) is 1.84. The van der Waals surface area contributed by atoms with E-state index in [1.54, 1.807) is 36.4 Å². The van der Waals surface area contributed by atoms with Gasteiger partial charge in [0.25, 0.3) is 0 Å². The lowest BCUT2D eigenvalue weighted by atomic mass is 9.75. The quantitative estimate of drug-likeness (QED) is 0.600. The molecule has 0 saturated heterocycles. The fourth-order valence-electron chi connectivity index (χ4n) is 4.09. The number of hydrogen-bond donors (Lipinski definition) is 0. The van der Waals surface area contributed by atoms with Crippen molar-refractivity contribution in [1.29, 1.82) is 0 Å². The maximum Gasteiger partial charge on any atom is 0.352 e. The van der Waals surface area contributed by atoms with Gasteiger partial charge in [-0.3, -0.25) is 0 Å². The van der Waals surface area contributed by atoms with E-state index in [1.807, 2.05) is 24.3 Å². The third-order valence-corrected chi connectivity index (χ3v) is 5.78. The topological polar surface area (TPSA) is 52.6 Å². The van der Waals surface area contributed by atoms with Crippen LogP contribution in [0.5, 0.6) is 0 Å². The van der Waals surface area contributed by atoms with Crippen molar-refractivity contribution in [2.45, 2.75) is 52.2 Å². The molecule has 154 valence electrons. The molecule has 2 aromatic carbocycles. The Kier molecular flexibility index (Phi) is 7.08. The lowest BCUT2D eigenvalue weighted by molar-refractivity contribution is -0.166. The molecule has 0 aromatic heterocycles. The highest BCUT2D eigenvalue weighted by Crippen LogP contribution is 2.36. The Balaban J connectivity index is 1.80. The van der Waals surface area contributed by atoms with Crippen LogP contribution in [0, 0.1) is 17.8 Å². The van der Waals surface area contributed by atoms with Gasteiger partial charge in [0.15, 0.2) is 0 Å². The van der Waals surface area contributed by atoms with Crippen LogP contribution in [-0.2, 0) is 14.3 Å². The van der Waals surface area contributed by atoms with Crippen molar-refractivity contribution >= 4 is 11.9 Å². The zero-order valence-corrected chi connectivity index (χ0v) is 17.4. The van der Waals surface area contributed by atoms with Crippen LogP contribution in [-0.4, -0.2) is 18.0 Å². The molecule has 0 heterocycles. The van der Waals surface area contributed by atoms with Crippen LogP contribution < -0.4 is 0 Å². The summed E-state index contributed by atoms with van der Waals surface area (Å²) in [6, 6.07) is 17.8. The van der Waals surface area contributed by atoms with Gasteiger partial charge < -0.3 is 9.47 Å². The zero-order valence-electron chi connectivity index (χ0n) is 17.4. The Morgan fingerprint density at radius 3 is 2.17 bits per heavy atom. The molecular formula is C25H30O4. The molecule has 4 nitrogen and oxygen atoms in total. The van der Waals surface area contributed by atoms with E-state index in [0.717, 1.165) is 19.3 Å². The summed E-state index contributed by atoms with van der Waals surface area (Å²) in [5.74, 6) is 0.252. The van der Waals surface area contributed by atoms with Crippen LogP contribution in [0.3, 0.4) is 0 Å². The maximum atomic E-state index is 13.2. The molecule has 3 rings (SSSR count). The summed E-state index contributed by atoms with van der Waals surface area (Å²) < 4.78 is 11.6. The highest BCUT2D eigenvalue weighted by molar-refractivity contribution is 5.91. The maximum absolute atomic E-state index is 13.2. The number of carbonyl (C=O) groups excluding carboxylic acids is 2. The van der Waals surface area contributed by atoms with Crippen LogP contribution in [0.4, 0.5) is 0 Å². The first-order chi connectivity index (χ1) is 14.0. The Morgan fingerprint density at radius 2 is 1.55 bits per heavy atom. The van der Waals surface area contributed by atoms with E-state index in [9.17, 15) is 9.59 Å². The van der Waals surface area contributed by atoms with Gasteiger partial charge in [0.2, 0.25) is 6.10 Å². The zero-order chi connectivity index (χ0) is 20.8. The molecule has 0 N–H and O–H groups in total. The van der Waals surface area contributed by atoms with E-state index in [1.165, 1.54) is 0 Å². The molecule has 0 spiro atoms. The van der Waals surface area contributed by atoms with Gasteiger partial charge in [0, 0.05) is 5.56 Å². The molecular weight excluding hydrogens is 364 g/mol. The predicted molar refractivity (Wildman–Crippen MR) is 112 cm³/mol. The molecule has 0 amide bonds. The third kappa shape index (κ3) is 5.47. The number of benzene rings is 2. The van der Waals surface area contributed by atoms with Crippen molar-refractivity contribution in [1.82, 2.24) is 0 Å². The summed E-state index contributed by atoms with van der Waals surface area (Å²) in [5, 5.41) is 0. The van der Waals surface area contributed by atoms with Crippen LogP contribution in [0.15, 0.2) is 60.7 Å². The van der Waals surface area contributed by atoms with Gasteiger partial charge in [-0.1, -0.05) is 75.7 Å². The van der Waals surface area contributed by atoms with Crippen molar-refractivity contribution in [2.24, 2.45) is 17.8 Å². The molecule has 4 atom stereocenters. The van der Waals surface area contributed by atoms with Crippen molar-refractivity contribution in [2.75, 3.05) is 0 Å². The molecule has 0 aliphatic heterocycles. The standard InChI is InChI=1S/C25H30O4/c1-17(2)21-15-14-18(3)16-22(21)28-25(27)23(19-10-6-4-7-11-19)29-24(26)20-12-8-5-9-13-20/h4-13,17-18,21-23H,14-16H2,1-3H3/t18-,21+,22-,23-/m1/s1. The minimum absolute atomic E-state index is 0.145. The number of esters is 2. The van der Waals surface area contributed by atoms with Gasteiger partial charge in [-0.25, -0.2) is 9.59 Å². The number of carbonyl (C=O) groups is 2. The first-order valence-electron chi connectivity index (χ1n) is 10.5. The molecule has 0 unspecified atom stereocenters. The normalized spacial score (nSPS) is 22.7. The molecule has 1 fully saturated rings. The summed E-state index contributed by atoms with van der Waals surface area (Å²) >= 11 is 0. The van der Waals surface area contributed by atoms with Crippen LogP contribution >= 0.6 is 0 Å². The SMILES string of the molecule is CC(C)[C@@H]1CC[C@@H](C)C[C@H]1OC(=O)[C@H](OC(=O)c1ccccc1)c1ccccc1. The summed E-state index contributed by atoms with van der Waals surface area (Å²) in [6.45, 7) is 6.54. The van der Waals surface area contributed by atoms with E-state index < -0.39 is 18.0 Å². The molecule has 1 aliphatic carbocycles. The van der Waals surface area contributed by atoms with E-state index in [0.29, 0.717) is 28.9 Å². The minimum Gasteiger partial charge on any atom is -0.459 e. The van der Waals surface area contributed by atoms with Crippen LogP contribution in [0.25, 0.3) is 0 Å². The molecule has 1 saturated carbocycles. The Labute approximate surface area is 173 Å². The second kappa shape index (κ2) is 9.73. The number of hydrogen-bond acceptors (Lipinski definition) is 4. The summed E-state index contributed by atoms with van der Waals surface area (Å²) in [7, 11) is 0. The molecule has 29 heavy (non-hydrogen) atoms. The largest absolute Gasteiger partial charge is 0.459 e. The van der Waals surface area contributed by atoms with E-state index >= 15 is 0 Å². The highest BCUT2D eigenvalue weighted by atomic mass is 16.6. The molecule has 0 radical (unpaired) electrons. The van der Waals surface area contributed by atoms with Gasteiger partial charge in [0.1, 0.15) is 6.10 Å². The molecule has 4 heteroatoms. The smallest absolute Gasteiger partial charge is 0.352 e. The lowest BCUT2D eigenvalue weighted by Gasteiger charge is -2.37. The fraction of sp³-hybridized carbons (Fsp3) is 0.440.